The topological polar surface area (TPSA) is 59.4 Å². The van der Waals surface area contributed by atoms with Crippen LogP contribution in [0.2, 0.25) is 0 Å². The molecule has 2 heterocycles. The van der Waals surface area contributed by atoms with Gasteiger partial charge in [-0.15, -0.1) is 0 Å². The third-order valence-electron chi connectivity index (χ3n) is 6.00. The molecule has 1 aliphatic heterocycles. The summed E-state index contributed by atoms with van der Waals surface area (Å²) in [5.41, 5.74) is 3.55. The van der Waals surface area contributed by atoms with Gasteiger partial charge in [-0.2, -0.15) is 0 Å². The molecule has 0 radical (unpaired) electrons. The lowest BCUT2D eigenvalue weighted by Crippen LogP contribution is -2.44. The van der Waals surface area contributed by atoms with Gasteiger partial charge in [0, 0.05) is 50.2 Å². The predicted octanol–water partition coefficient (Wildman–Crippen LogP) is 3.70. The van der Waals surface area contributed by atoms with Crippen molar-refractivity contribution in [2.75, 3.05) is 25.1 Å². The number of nitrogens with zero attached hydrogens (tertiary/aromatic N) is 3. The number of hydrogen-bond donors (Lipinski definition) is 1. The van der Waals surface area contributed by atoms with Crippen molar-refractivity contribution in [2.45, 2.75) is 38.9 Å². The molecule has 4 rings (SSSR count). The molecule has 2 aromatic carbocycles. The van der Waals surface area contributed by atoms with Crippen molar-refractivity contribution < 1.29 is 4.74 Å². The van der Waals surface area contributed by atoms with Crippen molar-refractivity contribution in [3.8, 4) is 16.9 Å². The Labute approximate surface area is 183 Å². The highest BCUT2D eigenvalue weighted by atomic mass is 16.5. The first-order chi connectivity index (χ1) is 15.2. The van der Waals surface area contributed by atoms with E-state index in [2.05, 4.69) is 51.6 Å². The molecule has 0 atom stereocenters. The Balaban J connectivity index is 1.39. The van der Waals surface area contributed by atoms with E-state index < -0.39 is 0 Å². The molecule has 0 spiro atoms. The maximum Gasteiger partial charge on any atom is 0.293 e. The second-order valence-electron chi connectivity index (χ2n) is 7.88. The molecule has 0 amide bonds. The monoisotopic (exact) mass is 418 g/mol. The molecular formula is C25H30N4O2. The number of rotatable bonds is 7. The normalized spacial score (nSPS) is 14.6. The van der Waals surface area contributed by atoms with E-state index in [9.17, 15) is 4.79 Å². The number of piperidine rings is 1. The zero-order valence-electron chi connectivity index (χ0n) is 18.3. The molecule has 162 valence electrons. The van der Waals surface area contributed by atoms with Crippen molar-refractivity contribution in [2.24, 2.45) is 0 Å². The highest BCUT2D eigenvalue weighted by Crippen LogP contribution is 2.27. The number of methoxy groups -OCH3 is 1. The number of benzene rings is 2. The fraction of sp³-hybridized carbons (Fsp3) is 0.360. The van der Waals surface area contributed by atoms with E-state index in [1.165, 1.54) is 11.1 Å². The van der Waals surface area contributed by atoms with E-state index in [1.807, 2.05) is 19.1 Å². The van der Waals surface area contributed by atoms with Crippen LogP contribution in [0.1, 0.15) is 25.3 Å². The molecule has 3 aromatic rings. The summed E-state index contributed by atoms with van der Waals surface area (Å²) >= 11 is 0. The van der Waals surface area contributed by atoms with Gasteiger partial charge in [-0.25, -0.2) is 4.98 Å². The predicted molar refractivity (Wildman–Crippen MR) is 125 cm³/mol. The molecule has 1 saturated heterocycles. The molecule has 0 bridgehead atoms. The van der Waals surface area contributed by atoms with Crippen LogP contribution < -0.4 is 20.5 Å². The van der Waals surface area contributed by atoms with Gasteiger partial charge < -0.3 is 19.5 Å². The molecule has 6 nitrogen and oxygen atoms in total. The van der Waals surface area contributed by atoms with Crippen LogP contribution in [-0.4, -0.2) is 35.8 Å². The van der Waals surface area contributed by atoms with Gasteiger partial charge in [0.1, 0.15) is 5.75 Å². The number of aromatic nitrogens is 2. The zero-order valence-corrected chi connectivity index (χ0v) is 18.3. The second kappa shape index (κ2) is 9.79. The lowest BCUT2D eigenvalue weighted by molar-refractivity contribution is 0.390. The average Bonchev–Trinajstić information content (AvgIpc) is 2.83. The van der Waals surface area contributed by atoms with E-state index in [0.717, 1.165) is 43.8 Å². The van der Waals surface area contributed by atoms with Gasteiger partial charge in [0.05, 0.1) is 7.11 Å². The largest absolute Gasteiger partial charge is 0.496 e. The van der Waals surface area contributed by atoms with Crippen molar-refractivity contribution in [1.82, 2.24) is 14.9 Å². The molecule has 1 N–H and O–H groups in total. The van der Waals surface area contributed by atoms with Crippen LogP contribution in [0.25, 0.3) is 11.1 Å². The fourth-order valence-corrected chi connectivity index (χ4v) is 4.18. The van der Waals surface area contributed by atoms with Gasteiger partial charge >= 0.3 is 0 Å². The number of ether oxygens (including phenoxy) is 1. The first kappa shape index (κ1) is 21.1. The van der Waals surface area contributed by atoms with Crippen LogP contribution in [-0.2, 0) is 13.1 Å². The molecule has 0 aliphatic carbocycles. The summed E-state index contributed by atoms with van der Waals surface area (Å²) < 4.78 is 7.30. The number of hydrogen-bond acceptors (Lipinski definition) is 5. The number of aryl methyl sites for hydroxylation is 1. The minimum Gasteiger partial charge on any atom is -0.496 e. The highest BCUT2D eigenvalue weighted by Gasteiger charge is 2.22. The smallest absolute Gasteiger partial charge is 0.293 e. The van der Waals surface area contributed by atoms with Crippen molar-refractivity contribution >= 4 is 5.82 Å². The summed E-state index contributed by atoms with van der Waals surface area (Å²) in [7, 11) is 1.72. The molecular weight excluding hydrogens is 388 g/mol. The Morgan fingerprint density at radius 2 is 1.87 bits per heavy atom. The highest BCUT2D eigenvalue weighted by molar-refractivity contribution is 5.65. The summed E-state index contributed by atoms with van der Waals surface area (Å²) in [5.74, 6) is 1.47. The zero-order chi connectivity index (χ0) is 21.6. The van der Waals surface area contributed by atoms with Crippen LogP contribution in [0.3, 0.4) is 0 Å². The standard InChI is InChI=1S/C25H30N4O2/c1-3-28-16-13-26-24(25(28)30)29-14-11-22(12-15-29)27-18-21-17-20(9-10-23(21)31-2)19-7-5-4-6-8-19/h4-10,13,16-17,22,27H,3,11-12,14-15,18H2,1-2H3. The Morgan fingerprint density at radius 1 is 1.10 bits per heavy atom. The SMILES string of the molecule is CCn1ccnc(N2CCC(NCc3cc(-c4ccccc4)ccc3OC)CC2)c1=O. The average molecular weight is 419 g/mol. The van der Waals surface area contributed by atoms with Crippen LogP contribution in [0.4, 0.5) is 5.82 Å². The van der Waals surface area contributed by atoms with Crippen LogP contribution in [0, 0.1) is 0 Å². The summed E-state index contributed by atoms with van der Waals surface area (Å²) in [5, 5.41) is 3.69. The van der Waals surface area contributed by atoms with Crippen LogP contribution >= 0.6 is 0 Å². The third-order valence-corrected chi connectivity index (χ3v) is 6.00. The Morgan fingerprint density at radius 3 is 2.58 bits per heavy atom. The van der Waals surface area contributed by atoms with E-state index in [0.29, 0.717) is 18.4 Å². The van der Waals surface area contributed by atoms with Crippen molar-refractivity contribution in [3.05, 3.63) is 76.8 Å². The molecule has 31 heavy (non-hydrogen) atoms. The van der Waals surface area contributed by atoms with Gasteiger partial charge in [0.2, 0.25) is 0 Å². The van der Waals surface area contributed by atoms with Crippen molar-refractivity contribution in [3.63, 3.8) is 0 Å². The number of anilines is 1. The number of nitrogens with one attached hydrogen (secondary N) is 1. The van der Waals surface area contributed by atoms with Gasteiger partial charge in [0.15, 0.2) is 5.82 Å². The molecule has 0 saturated carbocycles. The molecule has 1 fully saturated rings. The molecule has 0 unspecified atom stereocenters. The Bertz CT molecular complexity index is 1060. The Kier molecular flexibility index (Phi) is 6.67. The Hall–Kier alpha value is -3.12. The molecule has 6 heteroatoms. The molecule has 1 aromatic heterocycles. The summed E-state index contributed by atoms with van der Waals surface area (Å²) in [6.45, 7) is 5.04. The minimum atomic E-state index is -0.00104. The second-order valence-corrected chi connectivity index (χ2v) is 7.88. The van der Waals surface area contributed by atoms with E-state index in [4.69, 9.17) is 4.74 Å². The maximum absolute atomic E-state index is 12.5. The summed E-state index contributed by atoms with van der Waals surface area (Å²) in [6, 6.07) is 17.1. The van der Waals surface area contributed by atoms with Crippen molar-refractivity contribution in [1.29, 1.82) is 0 Å². The van der Waals surface area contributed by atoms with Gasteiger partial charge in [-0.3, -0.25) is 4.79 Å². The first-order valence-corrected chi connectivity index (χ1v) is 11.0. The summed E-state index contributed by atoms with van der Waals surface area (Å²) in [4.78, 5) is 19.0. The van der Waals surface area contributed by atoms with Crippen LogP contribution in [0.15, 0.2) is 65.7 Å². The maximum atomic E-state index is 12.5. The third kappa shape index (κ3) is 4.80. The van der Waals surface area contributed by atoms with E-state index in [-0.39, 0.29) is 5.56 Å². The van der Waals surface area contributed by atoms with Gasteiger partial charge in [-0.05, 0) is 43.0 Å². The lowest BCUT2D eigenvalue weighted by Gasteiger charge is -2.33. The van der Waals surface area contributed by atoms with Crippen LogP contribution in [0.5, 0.6) is 5.75 Å². The van der Waals surface area contributed by atoms with E-state index >= 15 is 0 Å². The quantitative estimate of drug-likeness (QED) is 0.634. The fourth-order valence-electron chi connectivity index (χ4n) is 4.18. The summed E-state index contributed by atoms with van der Waals surface area (Å²) in [6.07, 6.45) is 5.42. The minimum absolute atomic E-state index is 0.00104. The van der Waals surface area contributed by atoms with Gasteiger partial charge in [0.25, 0.3) is 5.56 Å². The molecule has 1 aliphatic rings. The van der Waals surface area contributed by atoms with Gasteiger partial charge in [-0.1, -0.05) is 36.4 Å². The van der Waals surface area contributed by atoms with E-state index in [1.54, 1.807) is 24.1 Å². The first-order valence-electron chi connectivity index (χ1n) is 11.0. The lowest BCUT2D eigenvalue weighted by atomic mass is 10.0.